The zero-order valence-corrected chi connectivity index (χ0v) is 11.1. The molecule has 1 aliphatic rings. The number of hydrogen-bond acceptors (Lipinski definition) is 1. The number of nitrogens with zero attached hydrogens (tertiary/aromatic N) is 1. The molecular formula is C17H19NO. The first-order chi connectivity index (χ1) is 9.36. The molecule has 0 unspecified atom stereocenters. The normalized spacial score (nSPS) is 14.7. The van der Waals surface area contributed by atoms with Crippen molar-refractivity contribution in [3.63, 3.8) is 0 Å². The number of carbonyl (C=O) groups excluding carboxylic acids is 1. The topological polar surface area (TPSA) is 20.3 Å². The van der Waals surface area contributed by atoms with E-state index in [1.54, 1.807) is 0 Å². The Labute approximate surface area is 115 Å². The molecule has 0 saturated carbocycles. The highest BCUT2D eigenvalue weighted by atomic mass is 16.2. The van der Waals surface area contributed by atoms with Crippen molar-refractivity contribution in [2.45, 2.75) is 32.1 Å². The van der Waals surface area contributed by atoms with Crippen LogP contribution in [-0.2, 0) is 4.79 Å². The van der Waals surface area contributed by atoms with E-state index in [1.807, 2.05) is 41.4 Å². The molecule has 98 valence electrons. The Hall–Kier alpha value is -2.01. The Bertz CT molecular complexity index is 493. The lowest BCUT2D eigenvalue weighted by molar-refractivity contribution is -0.125. The average Bonchev–Trinajstić information content (AvgIpc) is 2.84. The number of carbonyl (C=O) groups is 1. The van der Waals surface area contributed by atoms with Crippen LogP contribution in [0.2, 0.25) is 0 Å². The van der Waals surface area contributed by atoms with Gasteiger partial charge >= 0.3 is 0 Å². The Morgan fingerprint density at radius 3 is 2.84 bits per heavy atom. The Kier molecular flexibility index (Phi) is 5.25. The predicted molar refractivity (Wildman–Crippen MR) is 77.3 cm³/mol. The summed E-state index contributed by atoms with van der Waals surface area (Å²) in [5.41, 5.74) is 1.07. The highest BCUT2D eigenvalue weighted by molar-refractivity contribution is 5.79. The van der Waals surface area contributed by atoms with Gasteiger partial charge in [-0.25, -0.2) is 0 Å². The number of rotatable bonds is 4. The molecule has 1 amide bonds. The first-order valence-corrected chi connectivity index (χ1v) is 6.86. The van der Waals surface area contributed by atoms with Crippen molar-refractivity contribution in [1.82, 2.24) is 4.90 Å². The van der Waals surface area contributed by atoms with Crippen LogP contribution in [0.5, 0.6) is 0 Å². The second-order valence-corrected chi connectivity index (χ2v) is 4.64. The number of benzene rings is 1. The molecule has 0 aromatic heterocycles. The van der Waals surface area contributed by atoms with Gasteiger partial charge in [0.05, 0.1) is 0 Å². The minimum absolute atomic E-state index is 0.250. The third-order valence-electron chi connectivity index (χ3n) is 3.07. The molecule has 1 aromatic rings. The van der Waals surface area contributed by atoms with Crippen molar-refractivity contribution in [3.8, 4) is 11.8 Å². The maximum atomic E-state index is 11.3. The van der Waals surface area contributed by atoms with Gasteiger partial charge in [-0.05, 0) is 31.4 Å². The van der Waals surface area contributed by atoms with Crippen molar-refractivity contribution in [1.29, 1.82) is 0 Å². The molecule has 2 rings (SSSR count). The molecule has 1 saturated heterocycles. The summed E-state index contributed by atoms with van der Waals surface area (Å²) in [4.78, 5) is 13.2. The second-order valence-electron chi connectivity index (χ2n) is 4.64. The molecule has 2 heteroatoms. The van der Waals surface area contributed by atoms with Crippen molar-refractivity contribution in [3.05, 3.63) is 48.2 Å². The van der Waals surface area contributed by atoms with Gasteiger partial charge in [0.1, 0.15) is 0 Å². The molecule has 1 heterocycles. The average molecular weight is 253 g/mol. The largest absolute Gasteiger partial charge is 0.319 e. The molecule has 0 spiro atoms. The fourth-order valence-electron chi connectivity index (χ4n) is 2.02. The standard InChI is InChI=1S/C17H19NO/c19-17-13-9-15-18(17)14-8-3-1-2-5-10-16-11-6-4-7-12-16/h4,6-8,11-12,14H,1-3,9,13,15H2/b14-8+. The summed E-state index contributed by atoms with van der Waals surface area (Å²) in [6.07, 6.45) is 8.62. The molecular weight excluding hydrogens is 234 g/mol. The molecule has 1 aliphatic heterocycles. The third kappa shape index (κ3) is 4.63. The lowest BCUT2D eigenvalue weighted by Gasteiger charge is -2.07. The minimum Gasteiger partial charge on any atom is -0.319 e. The number of amides is 1. The molecule has 0 radical (unpaired) electrons. The quantitative estimate of drug-likeness (QED) is 0.595. The van der Waals surface area contributed by atoms with Crippen molar-refractivity contribution >= 4 is 5.91 Å². The smallest absolute Gasteiger partial charge is 0.226 e. The first kappa shape index (κ1) is 13.4. The SMILES string of the molecule is O=C1CCCN1/C=C/CCCC#Cc1ccccc1. The highest BCUT2D eigenvalue weighted by Crippen LogP contribution is 2.10. The summed E-state index contributed by atoms with van der Waals surface area (Å²) < 4.78 is 0. The van der Waals surface area contributed by atoms with Crippen LogP contribution in [-0.4, -0.2) is 17.4 Å². The molecule has 1 fully saturated rings. The second kappa shape index (κ2) is 7.43. The van der Waals surface area contributed by atoms with E-state index in [2.05, 4.69) is 17.9 Å². The summed E-state index contributed by atoms with van der Waals surface area (Å²) in [7, 11) is 0. The van der Waals surface area contributed by atoms with Crippen LogP contribution in [0.1, 0.15) is 37.7 Å². The highest BCUT2D eigenvalue weighted by Gasteiger charge is 2.16. The van der Waals surface area contributed by atoms with Crippen LogP contribution in [0, 0.1) is 11.8 Å². The van der Waals surface area contributed by atoms with Crippen LogP contribution < -0.4 is 0 Å². The fourth-order valence-corrected chi connectivity index (χ4v) is 2.02. The van der Waals surface area contributed by atoms with E-state index in [0.29, 0.717) is 6.42 Å². The maximum Gasteiger partial charge on any atom is 0.226 e. The summed E-state index contributed by atoms with van der Waals surface area (Å²) >= 11 is 0. The van der Waals surface area contributed by atoms with Gasteiger partial charge in [0.25, 0.3) is 0 Å². The van der Waals surface area contributed by atoms with Crippen LogP contribution in [0.3, 0.4) is 0 Å². The molecule has 0 bridgehead atoms. The van der Waals surface area contributed by atoms with Gasteiger partial charge in [-0.2, -0.15) is 0 Å². The van der Waals surface area contributed by atoms with Crippen LogP contribution in [0.25, 0.3) is 0 Å². The Morgan fingerprint density at radius 2 is 2.11 bits per heavy atom. The number of likely N-dealkylation sites (tertiary alicyclic amines) is 1. The van der Waals surface area contributed by atoms with Crippen LogP contribution >= 0.6 is 0 Å². The maximum absolute atomic E-state index is 11.3. The summed E-state index contributed by atoms with van der Waals surface area (Å²) in [5.74, 6) is 6.57. The monoisotopic (exact) mass is 253 g/mol. The molecule has 2 nitrogen and oxygen atoms in total. The molecule has 19 heavy (non-hydrogen) atoms. The van der Waals surface area contributed by atoms with Gasteiger partial charge in [0.15, 0.2) is 0 Å². The number of unbranched alkanes of at least 4 members (excludes halogenated alkanes) is 2. The van der Waals surface area contributed by atoms with E-state index in [0.717, 1.165) is 37.8 Å². The van der Waals surface area contributed by atoms with E-state index < -0.39 is 0 Å². The van der Waals surface area contributed by atoms with Gasteiger partial charge < -0.3 is 4.90 Å². The van der Waals surface area contributed by atoms with Gasteiger partial charge in [0, 0.05) is 31.1 Å². The van der Waals surface area contributed by atoms with E-state index >= 15 is 0 Å². The zero-order chi connectivity index (χ0) is 13.3. The van der Waals surface area contributed by atoms with E-state index in [1.165, 1.54) is 0 Å². The van der Waals surface area contributed by atoms with Gasteiger partial charge in [-0.1, -0.05) is 36.1 Å². The lowest BCUT2D eigenvalue weighted by Crippen LogP contribution is -2.17. The van der Waals surface area contributed by atoms with Gasteiger partial charge in [0.2, 0.25) is 5.91 Å². The molecule has 0 atom stereocenters. The number of hydrogen-bond donors (Lipinski definition) is 0. The Morgan fingerprint density at radius 1 is 1.26 bits per heavy atom. The minimum atomic E-state index is 0.250. The van der Waals surface area contributed by atoms with Crippen molar-refractivity contribution in [2.75, 3.05) is 6.54 Å². The Balaban J connectivity index is 1.64. The predicted octanol–water partition coefficient (Wildman–Crippen LogP) is 3.34. The number of allylic oxidation sites excluding steroid dienone is 1. The lowest BCUT2D eigenvalue weighted by atomic mass is 10.2. The summed E-state index contributed by atoms with van der Waals surface area (Å²) in [6.45, 7) is 0.878. The van der Waals surface area contributed by atoms with Crippen molar-refractivity contribution < 1.29 is 4.79 Å². The fraction of sp³-hybridized carbons (Fsp3) is 0.353. The van der Waals surface area contributed by atoms with Crippen LogP contribution in [0.4, 0.5) is 0 Å². The molecule has 1 aromatic carbocycles. The van der Waals surface area contributed by atoms with Crippen molar-refractivity contribution in [2.24, 2.45) is 0 Å². The summed E-state index contributed by atoms with van der Waals surface area (Å²) in [5, 5.41) is 0. The summed E-state index contributed by atoms with van der Waals surface area (Å²) in [6, 6.07) is 10.0. The molecule has 0 N–H and O–H groups in total. The van der Waals surface area contributed by atoms with Gasteiger partial charge in [-0.15, -0.1) is 0 Å². The van der Waals surface area contributed by atoms with E-state index in [9.17, 15) is 4.79 Å². The van der Waals surface area contributed by atoms with Crippen LogP contribution in [0.15, 0.2) is 42.6 Å². The zero-order valence-electron chi connectivity index (χ0n) is 11.1. The van der Waals surface area contributed by atoms with E-state index in [4.69, 9.17) is 0 Å². The van der Waals surface area contributed by atoms with Gasteiger partial charge in [-0.3, -0.25) is 4.79 Å². The molecule has 0 aliphatic carbocycles. The third-order valence-corrected chi connectivity index (χ3v) is 3.07. The van der Waals surface area contributed by atoms with E-state index in [-0.39, 0.29) is 5.91 Å². The first-order valence-electron chi connectivity index (χ1n) is 6.86.